The van der Waals surface area contributed by atoms with Crippen LogP contribution in [0.5, 0.6) is 0 Å². The monoisotopic (exact) mass is 317 g/mol. The van der Waals surface area contributed by atoms with E-state index in [0.717, 1.165) is 11.4 Å². The number of fused-ring (bicyclic) bond motifs is 4. The number of carbonyl (C=O) groups is 1. The number of hydrogen-bond donors (Lipinski definition) is 1. The maximum absolute atomic E-state index is 12.5. The Balaban J connectivity index is 1.41. The smallest absolute Gasteiger partial charge is 0.257 e. The maximum atomic E-state index is 12.5. The molecule has 5 rings (SSSR count). The van der Waals surface area contributed by atoms with Crippen molar-refractivity contribution in [3.63, 3.8) is 0 Å². The van der Waals surface area contributed by atoms with Crippen molar-refractivity contribution in [3.8, 4) is 0 Å². The predicted octanol–water partition coefficient (Wildman–Crippen LogP) is 2.03. The summed E-state index contributed by atoms with van der Waals surface area (Å²) < 4.78 is 0. The first-order chi connectivity index (χ1) is 10.7. The van der Waals surface area contributed by atoms with Crippen molar-refractivity contribution in [1.82, 2.24) is 10.2 Å². The van der Waals surface area contributed by atoms with Crippen LogP contribution in [0.1, 0.15) is 12.8 Å². The molecular formula is C16H19N3O2S. The molecule has 22 heavy (non-hydrogen) atoms. The van der Waals surface area contributed by atoms with Crippen molar-refractivity contribution >= 4 is 17.7 Å². The quantitative estimate of drug-likeness (QED) is 0.809. The minimum Gasteiger partial charge on any atom is -0.347 e. The van der Waals surface area contributed by atoms with E-state index in [0.29, 0.717) is 11.6 Å². The third-order valence-electron chi connectivity index (χ3n) is 5.11. The fraction of sp³-hybridized carbons (Fsp3) is 0.562. The van der Waals surface area contributed by atoms with Gasteiger partial charge in [-0.05, 0) is 49.2 Å². The van der Waals surface area contributed by atoms with Gasteiger partial charge in [0.1, 0.15) is 5.70 Å². The molecule has 0 aromatic rings. The molecule has 5 aliphatic rings. The molecule has 0 radical (unpaired) electrons. The van der Waals surface area contributed by atoms with E-state index < -0.39 is 0 Å². The van der Waals surface area contributed by atoms with Crippen molar-refractivity contribution in [3.05, 3.63) is 39.8 Å². The lowest BCUT2D eigenvalue weighted by molar-refractivity contribution is -0.118. The molecule has 3 atom stereocenters. The lowest BCUT2D eigenvalue weighted by atomic mass is 9.84. The van der Waals surface area contributed by atoms with Crippen molar-refractivity contribution in [1.29, 1.82) is 0 Å². The Hall–Kier alpha value is -1.40. The highest BCUT2D eigenvalue weighted by Gasteiger charge is 2.37. The van der Waals surface area contributed by atoms with Crippen LogP contribution in [0.3, 0.4) is 0 Å². The van der Waals surface area contributed by atoms with Gasteiger partial charge in [-0.2, -0.15) is 0 Å². The van der Waals surface area contributed by atoms with Crippen LogP contribution in [-0.2, 0) is 4.79 Å². The van der Waals surface area contributed by atoms with E-state index >= 15 is 0 Å². The molecule has 0 aromatic carbocycles. The average molecular weight is 317 g/mol. The second-order valence-corrected chi connectivity index (χ2v) is 7.67. The fourth-order valence-electron chi connectivity index (χ4n) is 3.84. The van der Waals surface area contributed by atoms with Crippen LogP contribution < -0.4 is 5.32 Å². The lowest BCUT2D eigenvalue weighted by Gasteiger charge is -2.44. The number of rotatable bonds is 3. The molecule has 1 amide bonds. The average Bonchev–Trinajstić information content (AvgIpc) is 2.99. The predicted molar refractivity (Wildman–Crippen MR) is 87.1 cm³/mol. The third kappa shape index (κ3) is 2.54. The van der Waals surface area contributed by atoms with Crippen molar-refractivity contribution < 1.29 is 4.79 Å². The van der Waals surface area contributed by atoms with Gasteiger partial charge in [-0.25, -0.2) is 0 Å². The second-order valence-electron chi connectivity index (χ2n) is 6.45. The van der Waals surface area contributed by atoms with E-state index in [1.807, 2.05) is 18.2 Å². The van der Waals surface area contributed by atoms with E-state index in [-0.39, 0.29) is 23.1 Å². The molecule has 0 aromatic heterocycles. The van der Waals surface area contributed by atoms with Crippen LogP contribution >= 0.6 is 11.8 Å². The van der Waals surface area contributed by atoms with Crippen molar-refractivity contribution in [2.45, 2.75) is 24.1 Å². The highest BCUT2D eigenvalue weighted by molar-refractivity contribution is 8.05. The van der Waals surface area contributed by atoms with Gasteiger partial charge in [-0.3, -0.25) is 4.79 Å². The van der Waals surface area contributed by atoms with Crippen LogP contribution in [0.2, 0.25) is 0 Å². The first-order valence-electron chi connectivity index (χ1n) is 7.88. The number of allylic oxidation sites excluding steroid dienone is 3. The van der Waals surface area contributed by atoms with Gasteiger partial charge >= 0.3 is 0 Å². The van der Waals surface area contributed by atoms with Crippen LogP contribution in [0.4, 0.5) is 0 Å². The minimum absolute atomic E-state index is 0.0422. The molecule has 0 saturated carbocycles. The zero-order valence-corrected chi connectivity index (χ0v) is 13.1. The Bertz CT molecular complexity index is 590. The minimum atomic E-state index is 0.0422. The molecule has 4 heterocycles. The number of nitrogens with zero attached hydrogens (tertiary/aromatic N) is 2. The van der Waals surface area contributed by atoms with Crippen LogP contribution in [-0.4, -0.2) is 41.7 Å². The van der Waals surface area contributed by atoms with Crippen molar-refractivity contribution in [2.24, 2.45) is 17.0 Å². The number of piperidine rings is 3. The molecule has 3 saturated heterocycles. The second kappa shape index (κ2) is 5.66. The fourth-order valence-corrected chi connectivity index (χ4v) is 5.06. The van der Waals surface area contributed by atoms with E-state index in [2.05, 4.69) is 15.4 Å². The summed E-state index contributed by atoms with van der Waals surface area (Å²) >= 11 is 1.54. The molecule has 5 nitrogen and oxygen atoms in total. The SMILES string of the molecule is O=NC1=CC2SC(C(=O)N[C@H]3CN4CCC3CC4)=CC2C=C1. The van der Waals surface area contributed by atoms with E-state index in [9.17, 15) is 9.70 Å². The standard InChI is InChI=1S/C16H19N3O2S/c20-16(17-13-9-19-5-3-10(13)4-6-19)15-7-11-1-2-12(18-21)8-14(11)22-15/h1-2,7-8,10-11,13-14H,3-6,9H2,(H,17,20)/t11?,13-,14?/m0/s1. The van der Waals surface area contributed by atoms with E-state index in [1.165, 1.54) is 37.7 Å². The zero-order valence-electron chi connectivity index (χ0n) is 12.3. The Morgan fingerprint density at radius 2 is 2.14 bits per heavy atom. The van der Waals surface area contributed by atoms with Gasteiger partial charge in [0.2, 0.25) is 0 Å². The number of nitrogens with one attached hydrogen (secondary N) is 1. The summed E-state index contributed by atoms with van der Waals surface area (Å²) in [5.74, 6) is 0.872. The number of hydrogen-bond acceptors (Lipinski definition) is 5. The molecule has 116 valence electrons. The summed E-state index contributed by atoms with van der Waals surface area (Å²) in [5.41, 5.74) is 0.459. The Morgan fingerprint density at radius 1 is 1.32 bits per heavy atom. The molecule has 6 heteroatoms. The van der Waals surface area contributed by atoms with Crippen LogP contribution in [0.25, 0.3) is 0 Å². The summed E-state index contributed by atoms with van der Waals surface area (Å²) in [4.78, 5) is 26.4. The Morgan fingerprint density at radius 3 is 2.82 bits per heavy atom. The van der Waals surface area contributed by atoms with Gasteiger partial charge in [0.05, 0.1) is 4.91 Å². The molecule has 2 bridgehead atoms. The van der Waals surface area contributed by atoms with Crippen LogP contribution in [0.15, 0.2) is 40.1 Å². The van der Waals surface area contributed by atoms with Gasteiger partial charge in [0.25, 0.3) is 5.91 Å². The zero-order chi connectivity index (χ0) is 15.1. The normalized spacial score (nSPS) is 39.0. The van der Waals surface area contributed by atoms with Crippen molar-refractivity contribution in [2.75, 3.05) is 19.6 Å². The summed E-state index contributed by atoms with van der Waals surface area (Å²) in [6, 6.07) is 0.289. The summed E-state index contributed by atoms with van der Waals surface area (Å²) in [6.07, 6.45) is 9.96. The number of nitroso groups, excluding NO2 is 1. The highest BCUT2D eigenvalue weighted by atomic mass is 32.2. The summed E-state index contributed by atoms with van der Waals surface area (Å²) in [7, 11) is 0. The maximum Gasteiger partial charge on any atom is 0.257 e. The molecule has 1 aliphatic carbocycles. The van der Waals surface area contributed by atoms with Gasteiger partial charge in [0.15, 0.2) is 0 Å². The van der Waals surface area contributed by atoms with E-state index in [1.54, 1.807) is 6.08 Å². The highest BCUT2D eigenvalue weighted by Crippen LogP contribution is 2.41. The summed E-state index contributed by atoms with van der Waals surface area (Å²) in [6.45, 7) is 3.34. The Labute approximate surface area is 133 Å². The van der Waals surface area contributed by atoms with Gasteiger partial charge in [-0.1, -0.05) is 12.2 Å². The molecule has 0 spiro atoms. The third-order valence-corrected chi connectivity index (χ3v) is 6.41. The Kier molecular flexibility index (Phi) is 3.66. The number of carbonyl (C=O) groups excluding carboxylic acids is 1. The first-order valence-corrected chi connectivity index (χ1v) is 8.76. The van der Waals surface area contributed by atoms with Gasteiger partial charge in [0, 0.05) is 23.8 Å². The largest absolute Gasteiger partial charge is 0.347 e. The molecule has 3 fully saturated rings. The molecule has 2 unspecified atom stereocenters. The molecule has 4 aliphatic heterocycles. The van der Waals surface area contributed by atoms with E-state index in [4.69, 9.17) is 0 Å². The topological polar surface area (TPSA) is 61.8 Å². The lowest BCUT2D eigenvalue weighted by Crippen LogP contribution is -2.57. The van der Waals surface area contributed by atoms with Gasteiger partial charge in [-0.15, -0.1) is 16.7 Å². The number of amides is 1. The van der Waals surface area contributed by atoms with Gasteiger partial charge < -0.3 is 10.2 Å². The van der Waals surface area contributed by atoms with Crippen LogP contribution in [0, 0.1) is 16.7 Å². The first kappa shape index (κ1) is 14.2. The molecular weight excluding hydrogens is 298 g/mol. The molecule has 1 N–H and O–H groups in total. The number of thioether (sulfide) groups is 1. The summed E-state index contributed by atoms with van der Waals surface area (Å²) in [5, 5.41) is 6.34.